The average Bonchev–Trinajstić information content (AvgIpc) is 3.45. The molecular weight excluding hydrogens is 570 g/mol. The molecule has 0 radical (unpaired) electrons. The van der Waals surface area contributed by atoms with Crippen LogP contribution in [0.15, 0.2) is 103 Å². The van der Waals surface area contributed by atoms with Crippen molar-refractivity contribution in [2.75, 3.05) is 6.54 Å². The molecule has 5 rings (SSSR count). The Labute approximate surface area is 260 Å². The fourth-order valence-electron chi connectivity index (χ4n) is 5.38. The van der Waals surface area contributed by atoms with Crippen LogP contribution < -0.4 is 21.7 Å². The van der Waals surface area contributed by atoms with E-state index in [0.29, 0.717) is 0 Å². The fourth-order valence-corrected chi connectivity index (χ4v) is 5.38. The number of fused-ring (bicyclic) bond motifs is 2. The van der Waals surface area contributed by atoms with Crippen LogP contribution in [-0.4, -0.2) is 46.9 Å². The Morgan fingerprint density at radius 3 is 2.31 bits per heavy atom. The van der Waals surface area contributed by atoms with Gasteiger partial charge in [0.25, 0.3) is 0 Å². The van der Waals surface area contributed by atoms with Gasteiger partial charge in [0.2, 0.25) is 17.7 Å². The van der Waals surface area contributed by atoms with Gasteiger partial charge in [-0.25, -0.2) is 4.79 Å². The molecule has 0 bridgehead atoms. The number of H-pyrrole nitrogens is 1. The van der Waals surface area contributed by atoms with E-state index in [1.807, 2.05) is 97.1 Å². The minimum Gasteiger partial charge on any atom is -0.445 e. The van der Waals surface area contributed by atoms with E-state index < -0.39 is 41.9 Å². The number of carbonyl (C=O) groups is 4. The van der Waals surface area contributed by atoms with Crippen molar-refractivity contribution in [2.45, 2.75) is 38.0 Å². The van der Waals surface area contributed by atoms with Crippen LogP contribution in [0, 0.1) is 0 Å². The molecule has 2 atom stereocenters. The Balaban J connectivity index is 1.38. The topological polar surface area (TPSA) is 155 Å². The standard InChI is InChI=1S/C35H35N5O5/c1-35(33(43)38-21-31(36)41,19-23-10-3-2-4-11-23)40-32(42)30(18-26-20-37-29-17-8-7-16-28(26)29)39-34(44)45-22-25-14-9-13-24-12-5-6-15-27(24)25/h2-17,20,30,37H,18-19,21-22H2,1H3,(H2,36,41)(H,38,43)(H,39,44)(H,40,42)/t30-,35?/m0/s1. The summed E-state index contributed by atoms with van der Waals surface area (Å²) in [5, 5.41) is 10.9. The van der Waals surface area contributed by atoms with E-state index in [0.717, 1.165) is 38.4 Å². The molecule has 5 aromatic rings. The molecule has 10 heteroatoms. The molecule has 0 saturated carbocycles. The predicted octanol–water partition coefficient (Wildman–Crippen LogP) is 3.88. The number of ether oxygens (including phenoxy) is 1. The molecule has 0 saturated heterocycles. The number of aromatic nitrogens is 1. The third-order valence-corrected chi connectivity index (χ3v) is 7.67. The minimum absolute atomic E-state index is 0.00411. The molecule has 6 N–H and O–H groups in total. The lowest BCUT2D eigenvalue weighted by molar-refractivity contribution is -0.134. The molecule has 0 spiro atoms. The average molecular weight is 606 g/mol. The number of aromatic amines is 1. The number of hydrogen-bond acceptors (Lipinski definition) is 5. The number of amides is 4. The molecule has 0 fully saturated rings. The zero-order valence-electron chi connectivity index (χ0n) is 24.8. The number of nitrogens with one attached hydrogen (secondary N) is 4. The highest BCUT2D eigenvalue weighted by molar-refractivity contribution is 5.96. The van der Waals surface area contributed by atoms with Gasteiger partial charge in [-0.1, -0.05) is 91.0 Å². The summed E-state index contributed by atoms with van der Waals surface area (Å²) in [6.07, 6.45) is 1.24. The second-order valence-electron chi connectivity index (χ2n) is 11.1. The summed E-state index contributed by atoms with van der Waals surface area (Å²) in [5.41, 5.74) is 7.05. The number of carbonyl (C=O) groups excluding carboxylic acids is 4. The van der Waals surface area contributed by atoms with Crippen molar-refractivity contribution in [3.05, 3.63) is 120 Å². The number of rotatable bonds is 12. The van der Waals surface area contributed by atoms with Crippen LogP contribution >= 0.6 is 0 Å². The van der Waals surface area contributed by atoms with E-state index >= 15 is 0 Å². The van der Waals surface area contributed by atoms with E-state index in [-0.39, 0.29) is 19.4 Å². The van der Waals surface area contributed by atoms with Crippen molar-refractivity contribution in [3.8, 4) is 0 Å². The first kappa shape index (κ1) is 30.8. The first-order valence-corrected chi connectivity index (χ1v) is 14.6. The molecule has 0 aliphatic rings. The highest BCUT2D eigenvalue weighted by atomic mass is 16.5. The van der Waals surface area contributed by atoms with Crippen LogP contribution in [0.4, 0.5) is 4.79 Å². The summed E-state index contributed by atoms with van der Waals surface area (Å²) >= 11 is 0. The smallest absolute Gasteiger partial charge is 0.408 e. The number of alkyl carbamates (subject to hydrolysis) is 1. The number of hydrogen-bond donors (Lipinski definition) is 5. The van der Waals surface area contributed by atoms with E-state index in [1.54, 1.807) is 13.1 Å². The number of primary amides is 1. The van der Waals surface area contributed by atoms with Gasteiger partial charge in [-0.3, -0.25) is 14.4 Å². The van der Waals surface area contributed by atoms with Crippen molar-refractivity contribution in [1.82, 2.24) is 20.9 Å². The van der Waals surface area contributed by atoms with Gasteiger partial charge in [0.05, 0.1) is 6.54 Å². The molecule has 4 amide bonds. The van der Waals surface area contributed by atoms with Crippen LogP contribution in [0.1, 0.15) is 23.6 Å². The zero-order valence-corrected chi connectivity index (χ0v) is 24.8. The number of nitrogens with two attached hydrogens (primary N) is 1. The van der Waals surface area contributed by atoms with Crippen molar-refractivity contribution in [2.24, 2.45) is 5.73 Å². The highest BCUT2D eigenvalue weighted by Gasteiger charge is 2.37. The Bertz CT molecular complexity index is 1830. The summed E-state index contributed by atoms with van der Waals surface area (Å²) in [6.45, 7) is 1.17. The molecule has 1 aromatic heterocycles. The summed E-state index contributed by atoms with van der Waals surface area (Å²) in [5.74, 6) is -1.91. The molecule has 0 aliphatic carbocycles. The summed E-state index contributed by atoms with van der Waals surface area (Å²) in [7, 11) is 0. The van der Waals surface area contributed by atoms with Crippen LogP contribution in [0.5, 0.6) is 0 Å². The highest BCUT2D eigenvalue weighted by Crippen LogP contribution is 2.22. The van der Waals surface area contributed by atoms with Crippen molar-refractivity contribution in [3.63, 3.8) is 0 Å². The fraction of sp³-hybridized carbons (Fsp3) is 0.200. The van der Waals surface area contributed by atoms with E-state index in [1.165, 1.54) is 0 Å². The van der Waals surface area contributed by atoms with E-state index in [2.05, 4.69) is 20.9 Å². The summed E-state index contributed by atoms with van der Waals surface area (Å²) in [6, 6.07) is 29.2. The third kappa shape index (κ3) is 7.66. The molecule has 10 nitrogen and oxygen atoms in total. The van der Waals surface area contributed by atoms with Gasteiger partial charge < -0.3 is 31.4 Å². The largest absolute Gasteiger partial charge is 0.445 e. The molecular formula is C35H35N5O5. The van der Waals surface area contributed by atoms with Crippen LogP contribution in [0.3, 0.4) is 0 Å². The maximum atomic E-state index is 14.0. The molecule has 1 heterocycles. The van der Waals surface area contributed by atoms with Gasteiger partial charge >= 0.3 is 6.09 Å². The van der Waals surface area contributed by atoms with Gasteiger partial charge in [0.15, 0.2) is 0 Å². The first-order chi connectivity index (χ1) is 21.7. The normalized spacial score (nSPS) is 13.0. The molecule has 4 aromatic carbocycles. The Morgan fingerprint density at radius 1 is 0.844 bits per heavy atom. The van der Waals surface area contributed by atoms with Gasteiger partial charge in [-0.2, -0.15) is 0 Å². The second kappa shape index (κ2) is 13.8. The van der Waals surface area contributed by atoms with E-state index in [4.69, 9.17) is 10.5 Å². The number of para-hydroxylation sites is 1. The van der Waals surface area contributed by atoms with Gasteiger partial charge in [0, 0.05) is 29.9 Å². The summed E-state index contributed by atoms with van der Waals surface area (Å²) < 4.78 is 5.59. The lowest BCUT2D eigenvalue weighted by Crippen LogP contribution is -2.62. The quantitative estimate of drug-likeness (QED) is 0.146. The van der Waals surface area contributed by atoms with Gasteiger partial charge in [-0.15, -0.1) is 0 Å². The molecule has 1 unspecified atom stereocenters. The third-order valence-electron chi connectivity index (χ3n) is 7.67. The molecule has 230 valence electrons. The Morgan fingerprint density at radius 2 is 1.53 bits per heavy atom. The number of benzene rings is 4. The lowest BCUT2D eigenvalue weighted by atomic mass is 9.90. The lowest BCUT2D eigenvalue weighted by Gasteiger charge is -2.31. The van der Waals surface area contributed by atoms with Crippen LogP contribution in [0.2, 0.25) is 0 Å². The maximum absolute atomic E-state index is 14.0. The monoisotopic (exact) mass is 605 g/mol. The second-order valence-corrected chi connectivity index (χ2v) is 11.1. The van der Waals surface area contributed by atoms with E-state index in [9.17, 15) is 19.2 Å². The molecule has 0 aliphatic heterocycles. The first-order valence-electron chi connectivity index (χ1n) is 14.6. The maximum Gasteiger partial charge on any atom is 0.408 e. The van der Waals surface area contributed by atoms with Crippen molar-refractivity contribution in [1.29, 1.82) is 0 Å². The van der Waals surface area contributed by atoms with Crippen LogP contribution in [-0.2, 0) is 38.6 Å². The minimum atomic E-state index is -1.49. The van der Waals surface area contributed by atoms with Crippen molar-refractivity contribution >= 4 is 45.5 Å². The van der Waals surface area contributed by atoms with Crippen LogP contribution in [0.25, 0.3) is 21.7 Å². The van der Waals surface area contributed by atoms with Crippen molar-refractivity contribution < 1.29 is 23.9 Å². The molecule has 45 heavy (non-hydrogen) atoms. The zero-order chi connectivity index (χ0) is 31.8. The van der Waals surface area contributed by atoms with Gasteiger partial charge in [-0.05, 0) is 40.5 Å². The predicted molar refractivity (Wildman–Crippen MR) is 172 cm³/mol. The van der Waals surface area contributed by atoms with Gasteiger partial charge in [0.1, 0.15) is 18.2 Å². The SMILES string of the molecule is CC(Cc1ccccc1)(NC(=O)[C@H](Cc1c[nH]c2ccccc12)NC(=O)OCc1cccc2ccccc12)C(=O)NCC(N)=O. The Hall–Kier alpha value is -5.64. The Kier molecular flexibility index (Phi) is 9.43. The summed E-state index contributed by atoms with van der Waals surface area (Å²) in [4.78, 5) is 55.1.